The predicted molar refractivity (Wildman–Crippen MR) is 56.7 cm³/mol. The molecule has 7 heteroatoms. The average Bonchev–Trinajstić information content (AvgIpc) is 2.26. The van der Waals surface area contributed by atoms with E-state index in [9.17, 15) is 10.1 Å². The number of amidine groups is 1. The molecule has 86 valence electrons. The maximum atomic E-state index is 10.7. The van der Waals surface area contributed by atoms with Crippen molar-refractivity contribution >= 4 is 11.5 Å². The van der Waals surface area contributed by atoms with Gasteiger partial charge >= 0.3 is 5.69 Å². The summed E-state index contributed by atoms with van der Waals surface area (Å²) in [4.78, 5) is 10.2. The van der Waals surface area contributed by atoms with Crippen molar-refractivity contribution < 1.29 is 14.9 Å². The van der Waals surface area contributed by atoms with Crippen molar-refractivity contribution in [2.45, 2.75) is 6.92 Å². The first-order valence-corrected chi connectivity index (χ1v) is 4.39. The van der Waals surface area contributed by atoms with Crippen molar-refractivity contribution in [2.24, 2.45) is 10.9 Å². The quantitative estimate of drug-likeness (QED) is 0.261. The number of nitro groups is 1. The molecule has 0 saturated carbocycles. The van der Waals surface area contributed by atoms with E-state index in [1.165, 1.54) is 6.07 Å². The Morgan fingerprint density at radius 1 is 1.69 bits per heavy atom. The van der Waals surface area contributed by atoms with Gasteiger partial charge in [0.1, 0.15) is 6.61 Å². The van der Waals surface area contributed by atoms with Crippen LogP contribution in [0, 0.1) is 17.0 Å². The highest BCUT2D eigenvalue weighted by molar-refractivity contribution is 5.81. The number of oxime groups is 1. The highest BCUT2D eigenvalue weighted by atomic mass is 16.6. The lowest BCUT2D eigenvalue weighted by atomic mass is 10.2. The molecule has 0 heterocycles. The minimum absolute atomic E-state index is 0.124. The molecule has 0 saturated heterocycles. The van der Waals surface area contributed by atoms with E-state index in [-0.39, 0.29) is 23.9 Å². The predicted octanol–water partition coefficient (Wildman–Crippen LogP) is 1.03. The van der Waals surface area contributed by atoms with Gasteiger partial charge in [-0.3, -0.25) is 10.1 Å². The zero-order valence-electron chi connectivity index (χ0n) is 8.58. The molecule has 0 unspecified atom stereocenters. The summed E-state index contributed by atoms with van der Waals surface area (Å²) < 4.78 is 5.12. The molecular weight excluding hydrogens is 214 g/mol. The Kier molecular flexibility index (Phi) is 3.65. The number of benzene rings is 1. The molecule has 0 atom stereocenters. The Morgan fingerprint density at radius 2 is 2.38 bits per heavy atom. The molecule has 1 aromatic carbocycles. The number of ether oxygens (including phenoxy) is 1. The molecule has 3 N–H and O–H groups in total. The van der Waals surface area contributed by atoms with E-state index in [1.807, 2.05) is 0 Å². The van der Waals surface area contributed by atoms with E-state index in [0.717, 1.165) is 0 Å². The molecule has 7 nitrogen and oxygen atoms in total. The smallest absolute Gasteiger partial charge is 0.311 e. The number of para-hydroxylation sites is 1. The lowest BCUT2D eigenvalue weighted by Gasteiger charge is -2.08. The van der Waals surface area contributed by atoms with Crippen LogP contribution in [0.2, 0.25) is 0 Å². The van der Waals surface area contributed by atoms with Gasteiger partial charge in [0.05, 0.1) is 4.92 Å². The number of hydrogen-bond donors (Lipinski definition) is 2. The van der Waals surface area contributed by atoms with Gasteiger partial charge in [-0.05, 0) is 12.5 Å². The van der Waals surface area contributed by atoms with Gasteiger partial charge in [0.2, 0.25) is 5.75 Å². The van der Waals surface area contributed by atoms with E-state index < -0.39 is 4.92 Å². The van der Waals surface area contributed by atoms with Crippen LogP contribution in [0.25, 0.3) is 0 Å². The summed E-state index contributed by atoms with van der Waals surface area (Å²) in [6.45, 7) is 1.47. The second-order valence-electron chi connectivity index (χ2n) is 3.06. The van der Waals surface area contributed by atoms with Gasteiger partial charge in [-0.2, -0.15) is 0 Å². The molecule has 1 rings (SSSR count). The fourth-order valence-electron chi connectivity index (χ4n) is 1.14. The van der Waals surface area contributed by atoms with E-state index in [4.69, 9.17) is 15.7 Å². The summed E-state index contributed by atoms with van der Waals surface area (Å²) in [6.07, 6.45) is 0. The van der Waals surface area contributed by atoms with Crippen molar-refractivity contribution in [1.29, 1.82) is 0 Å². The Morgan fingerprint density at radius 3 is 2.94 bits per heavy atom. The number of aryl methyl sites for hydroxylation is 1. The fourth-order valence-corrected chi connectivity index (χ4v) is 1.14. The molecule has 0 spiro atoms. The third-order valence-electron chi connectivity index (χ3n) is 1.88. The first kappa shape index (κ1) is 11.8. The molecule has 0 aliphatic rings. The van der Waals surface area contributed by atoms with Crippen LogP contribution in [0.3, 0.4) is 0 Å². The third-order valence-corrected chi connectivity index (χ3v) is 1.88. The summed E-state index contributed by atoms with van der Waals surface area (Å²) >= 11 is 0. The van der Waals surface area contributed by atoms with Gasteiger partial charge in [0, 0.05) is 6.07 Å². The minimum atomic E-state index is -0.547. The van der Waals surface area contributed by atoms with Crippen molar-refractivity contribution in [3.63, 3.8) is 0 Å². The van der Waals surface area contributed by atoms with Crippen LogP contribution < -0.4 is 10.5 Å². The number of nitrogens with zero attached hydrogens (tertiary/aromatic N) is 2. The molecule has 0 aliphatic carbocycles. The minimum Gasteiger partial charge on any atom is -0.478 e. The second kappa shape index (κ2) is 4.96. The molecule has 0 bridgehead atoms. The van der Waals surface area contributed by atoms with Crippen LogP contribution in [-0.2, 0) is 0 Å². The standard InChI is InChI=1S/C9H11N3O4/c1-6-3-2-4-7(12(14)15)9(6)16-5-8(10)11-13/h2-4,13H,5H2,1H3,(H2,10,11). The van der Waals surface area contributed by atoms with Crippen molar-refractivity contribution in [3.8, 4) is 5.75 Å². The summed E-state index contributed by atoms with van der Waals surface area (Å²) in [6, 6.07) is 4.56. The maximum absolute atomic E-state index is 10.7. The lowest BCUT2D eigenvalue weighted by molar-refractivity contribution is -0.385. The zero-order chi connectivity index (χ0) is 12.1. The number of hydrogen-bond acceptors (Lipinski definition) is 5. The summed E-state index contributed by atoms with van der Waals surface area (Å²) in [7, 11) is 0. The Hall–Kier alpha value is -2.31. The molecular formula is C9H11N3O4. The van der Waals surface area contributed by atoms with Gasteiger partial charge in [0.25, 0.3) is 0 Å². The van der Waals surface area contributed by atoms with Crippen molar-refractivity contribution in [3.05, 3.63) is 33.9 Å². The fraction of sp³-hybridized carbons (Fsp3) is 0.222. The number of rotatable bonds is 4. The Balaban J connectivity index is 2.97. The molecule has 0 radical (unpaired) electrons. The Bertz CT molecular complexity index is 431. The Labute approximate surface area is 91.3 Å². The van der Waals surface area contributed by atoms with E-state index >= 15 is 0 Å². The first-order chi connectivity index (χ1) is 7.56. The summed E-state index contributed by atoms with van der Waals surface area (Å²) in [5, 5.41) is 21.7. The van der Waals surface area contributed by atoms with E-state index in [2.05, 4.69) is 5.16 Å². The molecule has 0 amide bonds. The molecule has 0 aliphatic heterocycles. The van der Waals surface area contributed by atoms with Crippen LogP contribution in [0.5, 0.6) is 5.75 Å². The third kappa shape index (κ3) is 2.59. The van der Waals surface area contributed by atoms with Crippen LogP contribution in [0.4, 0.5) is 5.69 Å². The van der Waals surface area contributed by atoms with E-state index in [1.54, 1.807) is 19.1 Å². The van der Waals surface area contributed by atoms with Crippen molar-refractivity contribution in [1.82, 2.24) is 0 Å². The largest absolute Gasteiger partial charge is 0.478 e. The van der Waals surface area contributed by atoms with Crippen molar-refractivity contribution in [2.75, 3.05) is 6.61 Å². The zero-order valence-corrected chi connectivity index (χ0v) is 8.58. The highest BCUT2D eigenvalue weighted by Gasteiger charge is 2.17. The second-order valence-corrected chi connectivity index (χ2v) is 3.06. The van der Waals surface area contributed by atoms with Crippen LogP contribution >= 0.6 is 0 Å². The highest BCUT2D eigenvalue weighted by Crippen LogP contribution is 2.29. The van der Waals surface area contributed by atoms with Gasteiger partial charge in [-0.15, -0.1) is 0 Å². The molecule has 0 fully saturated rings. The average molecular weight is 225 g/mol. The van der Waals surface area contributed by atoms with Crippen LogP contribution in [-0.4, -0.2) is 22.6 Å². The topological polar surface area (TPSA) is 111 Å². The molecule has 1 aromatic rings. The van der Waals surface area contributed by atoms with Crippen LogP contribution in [0.15, 0.2) is 23.4 Å². The van der Waals surface area contributed by atoms with Gasteiger partial charge in [-0.1, -0.05) is 17.3 Å². The van der Waals surface area contributed by atoms with Crippen LogP contribution in [0.1, 0.15) is 5.56 Å². The first-order valence-electron chi connectivity index (χ1n) is 4.39. The maximum Gasteiger partial charge on any atom is 0.311 e. The number of nitro benzene ring substituents is 1. The van der Waals surface area contributed by atoms with Gasteiger partial charge < -0.3 is 15.7 Å². The summed E-state index contributed by atoms with van der Waals surface area (Å²) in [5.74, 6) is -0.0309. The number of nitrogens with two attached hydrogens (primary N) is 1. The SMILES string of the molecule is Cc1cccc([N+](=O)[O-])c1OC/C(N)=N/O. The lowest BCUT2D eigenvalue weighted by Crippen LogP contribution is -2.21. The monoisotopic (exact) mass is 225 g/mol. The molecule has 0 aromatic heterocycles. The van der Waals surface area contributed by atoms with Gasteiger partial charge in [0.15, 0.2) is 5.84 Å². The normalized spacial score (nSPS) is 11.2. The summed E-state index contributed by atoms with van der Waals surface area (Å²) in [5.41, 5.74) is 5.67. The van der Waals surface area contributed by atoms with E-state index in [0.29, 0.717) is 5.56 Å². The van der Waals surface area contributed by atoms with Gasteiger partial charge in [-0.25, -0.2) is 0 Å². The molecule has 16 heavy (non-hydrogen) atoms.